The molecule has 0 spiro atoms. The number of hydrogen-bond acceptors (Lipinski definition) is 2. The van der Waals surface area contributed by atoms with E-state index in [1.807, 2.05) is 0 Å². The monoisotopic (exact) mass is 496 g/mol. The summed E-state index contributed by atoms with van der Waals surface area (Å²) in [6, 6.07) is 21.9. The first kappa shape index (κ1) is 19.2. The summed E-state index contributed by atoms with van der Waals surface area (Å²) in [5, 5.41) is 0. The van der Waals surface area contributed by atoms with Crippen LogP contribution in [-0.4, -0.2) is 15.6 Å². The number of hydrogen-bond donors (Lipinski definition) is 0. The van der Waals surface area contributed by atoms with E-state index >= 15 is 0 Å². The third kappa shape index (κ3) is 4.67. The van der Waals surface area contributed by atoms with Crippen LogP contribution in [0.25, 0.3) is 0 Å². The molecule has 0 heterocycles. The molecule has 0 bridgehead atoms. The molecular formula is C24H24S2Sn. The first-order valence-electron chi connectivity index (χ1n) is 9.42. The van der Waals surface area contributed by atoms with Crippen molar-refractivity contribution in [1.29, 1.82) is 0 Å². The molecule has 136 valence electrons. The molecule has 27 heavy (non-hydrogen) atoms. The van der Waals surface area contributed by atoms with Gasteiger partial charge in [-0.05, 0) is 0 Å². The molecule has 0 nitrogen and oxygen atoms in total. The Hall–Kier alpha value is -1.10. The summed E-state index contributed by atoms with van der Waals surface area (Å²) in [6.07, 6.45) is 18.9. The van der Waals surface area contributed by atoms with Gasteiger partial charge in [-0.2, -0.15) is 0 Å². The van der Waals surface area contributed by atoms with Gasteiger partial charge >= 0.3 is 173 Å². The van der Waals surface area contributed by atoms with Crippen molar-refractivity contribution in [3.8, 4) is 0 Å². The van der Waals surface area contributed by atoms with Crippen molar-refractivity contribution in [2.24, 2.45) is 0 Å². The minimum absolute atomic E-state index is 0.638. The van der Waals surface area contributed by atoms with Crippen LogP contribution < -0.4 is 0 Å². The van der Waals surface area contributed by atoms with E-state index in [9.17, 15) is 0 Å². The first-order chi connectivity index (χ1) is 13.4. The Balaban J connectivity index is 1.62. The molecule has 2 aliphatic rings. The first-order valence-corrected chi connectivity index (χ1v) is 21.7. The molecule has 0 unspecified atom stereocenters. The number of rotatable bonds is 8. The number of benzene rings is 2. The molecule has 2 aliphatic carbocycles. The molecule has 3 heteroatoms. The number of allylic oxidation sites excluding steroid dienone is 8. The summed E-state index contributed by atoms with van der Waals surface area (Å²) in [7, 11) is 4.61. The quantitative estimate of drug-likeness (QED) is 0.353. The summed E-state index contributed by atoms with van der Waals surface area (Å²) in [5.41, 5.74) is 2.89. The van der Waals surface area contributed by atoms with Gasteiger partial charge in [0, 0.05) is 0 Å². The molecular weight excluding hydrogens is 471 g/mol. The molecule has 2 aromatic carbocycles. The van der Waals surface area contributed by atoms with Gasteiger partial charge in [-0.15, -0.1) is 0 Å². The van der Waals surface area contributed by atoms with Crippen LogP contribution in [0.4, 0.5) is 0 Å². The molecule has 4 rings (SSSR count). The van der Waals surface area contributed by atoms with E-state index in [-0.39, 0.29) is 0 Å². The van der Waals surface area contributed by atoms with E-state index in [1.165, 1.54) is 11.1 Å². The topological polar surface area (TPSA) is 0 Å². The Kier molecular flexibility index (Phi) is 6.69. The van der Waals surface area contributed by atoms with E-state index in [0.717, 1.165) is 11.5 Å². The van der Waals surface area contributed by atoms with Crippen LogP contribution in [0, 0.1) is 0 Å². The zero-order valence-electron chi connectivity index (χ0n) is 15.3. The molecule has 0 saturated heterocycles. The normalized spacial score (nSPS) is 16.6. The van der Waals surface area contributed by atoms with Crippen LogP contribution in [0.3, 0.4) is 0 Å². The molecule has 0 aliphatic heterocycles. The maximum absolute atomic E-state index is 2.76. The predicted octanol–water partition coefficient (Wildman–Crippen LogP) is 7.29. The summed E-state index contributed by atoms with van der Waals surface area (Å²) >= 11 is -2.76. The Labute approximate surface area is 172 Å². The van der Waals surface area contributed by atoms with Crippen molar-refractivity contribution in [1.82, 2.24) is 0 Å². The third-order valence-electron chi connectivity index (χ3n) is 5.04. The van der Waals surface area contributed by atoms with Crippen molar-refractivity contribution in [2.75, 3.05) is 0 Å². The van der Waals surface area contributed by atoms with Crippen molar-refractivity contribution in [3.05, 3.63) is 120 Å². The zero-order valence-corrected chi connectivity index (χ0v) is 19.8. The summed E-state index contributed by atoms with van der Waals surface area (Å²) < 4.78 is 1.28. The maximum atomic E-state index is 2.46. The average molecular weight is 495 g/mol. The van der Waals surface area contributed by atoms with Gasteiger partial charge in [0.25, 0.3) is 0 Å². The van der Waals surface area contributed by atoms with Crippen molar-refractivity contribution < 1.29 is 0 Å². The van der Waals surface area contributed by atoms with Gasteiger partial charge in [0.2, 0.25) is 0 Å². The minimum atomic E-state index is -2.76. The Bertz CT molecular complexity index is 755. The van der Waals surface area contributed by atoms with Gasteiger partial charge in [-0.25, -0.2) is 0 Å². The SMILES string of the molecule is C1=C[CH]([Sn]([S]Cc2ccccc2)([S]Cc2ccccc2)[CH]2C=CC=C2)C=C1. The second-order valence-corrected chi connectivity index (χ2v) is 31.7. The van der Waals surface area contributed by atoms with E-state index in [2.05, 4.69) is 127 Å². The van der Waals surface area contributed by atoms with Gasteiger partial charge in [0.05, 0.1) is 0 Å². The van der Waals surface area contributed by atoms with E-state index in [0.29, 0.717) is 7.87 Å². The summed E-state index contributed by atoms with van der Waals surface area (Å²) in [4.78, 5) is 0. The van der Waals surface area contributed by atoms with Crippen molar-refractivity contribution >= 4 is 33.5 Å². The molecule has 0 amide bonds. The predicted molar refractivity (Wildman–Crippen MR) is 125 cm³/mol. The molecule has 0 atom stereocenters. The fraction of sp³-hybridized carbons (Fsp3) is 0.167. The molecule has 0 aromatic heterocycles. The molecule has 0 saturated carbocycles. The van der Waals surface area contributed by atoms with Gasteiger partial charge in [0.1, 0.15) is 0 Å². The molecule has 2 aromatic rings. The van der Waals surface area contributed by atoms with Crippen molar-refractivity contribution in [3.63, 3.8) is 0 Å². The fourth-order valence-corrected chi connectivity index (χ4v) is 33.5. The van der Waals surface area contributed by atoms with E-state index < -0.39 is 15.6 Å². The van der Waals surface area contributed by atoms with E-state index in [1.54, 1.807) is 0 Å². The molecule has 0 fully saturated rings. The van der Waals surface area contributed by atoms with Crippen LogP contribution >= 0.6 is 17.9 Å². The second kappa shape index (κ2) is 9.40. The standard InChI is InChI=1S/2C7H8S.2C5H5.Sn/c2*8-6-7-4-2-1-3-5-7;2*1-2-4-5-3-1;/h2*1-5,8H,6H2;2*1-5H;/q;;;;+2/p-2. The summed E-state index contributed by atoms with van der Waals surface area (Å²) in [6.45, 7) is 0. The van der Waals surface area contributed by atoms with Crippen LogP contribution in [0.1, 0.15) is 11.1 Å². The van der Waals surface area contributed by atoms with Crippen LogP contribution in [-0.2, 0) is 11.5 Å². The van der Waals surface area contributed by atoms with Crippen LogP contribution in [0.15, 0.2) is 109 Å². The van der Waals surface area contributed by atoms with Crippen LogP contribution in [0.2, 0.25) is 7.87 Å². The van der Waals surface area contributed by atoms with Gasteiger partial charge in [-0.1, -0.05) is 0 Å². The van der Waals surface area contributed by atoms with Gasteiger partial charge in [-0.3, -0.25) is 0 Å². The van der Waals surface area contributed by atoms with Gasteiger partial charge in [0.15, 0.2) is 0 Å². The van der Waals surface area contributed by atoms with Crippen LogP contribution in [0.5, 0.6) is 0 Å². The average Bonchev–Trinajstić information content (AvgIpc) is 3.45. The zero-order chi connectivity index (χ0) is 18.4. The second-order valence-electron chi connectivity index (χ2n) is 6.86. The third-order valence-corrected chi connectivity index (χ3v) is 36.6. The molecule has 0 radical (unpaired) electrons. The van der Waals surface area contributed by atoms with Crippen molar-refractivity contribution in [2.45, 2.75) is 19.4 Å². The Morgan fingerprint density at radius 2 is 0.926 bits per heavy atom. The van der Waals surface area contributed by atoms with E-state index in [4.69, 9.17) is 0 Å². The summed E-state index contributed by atoms with van der Waals surface area (Å²) in [5.74, 6) is 2.24. The van der Waals surface area contributed by atoms with Gasteiger partial charge < -0.3 is 0 Å². The molecule has 0 N–H and O–H groups in total. The Morgan fingerprint density at radius 1 is 0.556 bits per heavy atom. The fourth-order valence-electron chi connectivity index (χ4n) is 3.59. The Morgan fingerprint density at radius 3 is 1.30 bits per heavy atom.